The van der Waals surface area contributed by atoms with E-state index in [2.05, 4.69) is 6.58 Å². The number of amides is 2. The molecule has 1 rings (SSSR count). The van der Waals surface area contributed by atoms with Crippen LogP contribution in [0.3, 0.4) is 0 Å². The summed E-state index contributed by atoms with van der Waals surface area (Å²) in [7, 11) is 0. The molecule has 0 aromatic carbocycles. The van der Waals surface area contributed by atoms with E-state index in [1.807, 2.05) is 32.9 Å². The molecule has 0 fully saturated rings. The van der Waals surface area contributed by atoms with Crippen LogP contribution < -0.4 is 0 Å². The molecule has 2 amide bonds. The molecule has 96 valence electrons. The van der Waals surface area contributed by atoms with Crippen LogP contribution >= 0.6 is 0 Å². The zero-order chi connectivity index (χ0) is 13.7. The summed E-state index contributed by atoms with van der Waals surface area (Å²) in [5, 5.41) is 0. The quantitative estimate of drug-likeness (QED) is 0.551. The minimum Gasteiger partial charge on any atom is -0.269 e. The fourth-order valence-electron chi connectivity index (χ4n) is 1.88. The highest BCUT2D eigenvalue weighted by molar-refractivity contribution is 6.14. The van der Waals surface area contributed by atoms with Crippen molar-refractivity contribution >= 4 is 11.8 Å². The molecule has 0 bridgehead atoms. The first-order valence-corrected chi connectivity index (χ1v) is 6.16. The van der Waals surface area contributed by atoms with E-state index in [4.69, 9.17) is 0 Å². The summed E-state index contributed by atoms with van der Waals surface area (Å²) in [4.78, 5) is 24.8. The Kier molecular flexibility index (Phi) is 4.84. The van der Waals surface area contributed by atoms with Crippen molar-refractivity contribution in [2.75, 3.05) is 0 Å². The lowest BCUT2D eigenvalue weighted by Crippen LogP contribution is -2.31. The van der Waals surface area contributed by atoms with Crippen molar-refractivity contribution in [2.45, 2.75) is 33.6 Å². The zero-order valence-electron chi connectivity index (χ0n) is 11.2. The molecule has 0 atom stereocenters. The predicted molar refractivity (Wildman–Crippen MR) is 72.6 cm³/mol. The van der Waals surface area contributed by atoms with E-state index in [9.17, 15) is 9.59 Å². The maximum absolute atomic E-state index is 11.8. The van der Waals surface area contributed by atoms with E-state index in [0.29, 0.717) is 12.1 Å². The van der Waals surface area contributed by atoms with Gasteiger partial charge in [-0.3, -0.25) is 9.59 Å². The molecular formula is C15H19NO2. The SMILES string of the molecule is C=C(CC)/C(=C(\C=C/C)CC)N1C(=O)C=CC1=O. The molecule has 0 spiro atoms. The van der Waals surface area contributed by atoms with E-state index in [1.54, 1.807) is 0 Å². The number of imide groups is 1. The molecule has 0 unspecified atom stereocenters. The molecule has 0 N–H and O–H groups in total. The number of hydrogen-bond donors (Lipinski definition) is 0. The largest absolute Gasteiger partial charge is 0.269 e. The van der Waals surface area contributed by atoms with Crippen LogP contribution in [0.15, 0.2) is 47.7 Å². The van der Waals surface area contributed by atoms with Crippen LogP contribution in [-0.4, -0.2) is 16.7 Å². The van der Waals surface area contributed by atoms with Gasteiger partial charge >= 0.3 is 0 Å². The van der Waals surface area contributed by atoms with Crippen LogP contribution in [0.4, 0.5) is 0 Å². The Morgan fingerprint density at radius 3 is 2.17 bits per heavy atom. The Morgan fingerprint density at radius 1 is 1.22 bits per heavy atom. The highest BCUT2D eigenvalue weighted by atomic mass is 16.2. The summed E-state index contributed by atoms with van der Waals surface area (Å²) in [6, 6.07) is 0. The maximum Gasteiger partial charge on any atom is 0.258 e. The summed E-state index contributed by atoms with van der Waals surface area (Å²) in [5.41, 5.74) is 2.41. The Morgan fingerprint density at radius 2 is 1.78 bits per heavy atom. The molecule has 0 radical (unpaired) electrons. The van der Waals surface area contributed by atoms with Crippen LogP contribution in [0, 0.1) is 0 Å². The summed E-state index contributed by atoms with van der Waals surface area (Å²) < 4.78 is 0. The van der Waals surface area contributed by atoms with E-state index in [-0.39, 0.29) is 11.8 Å². The third-order valence-electron chi connectivity index (χ3n) is 2.85. The molecule has 0 saturated carbocycles. The molecule has 3 nitrogen and oxygen atoms in total. The van der Waals surface area contributed by atoms with Crippen LogP contribution in [-0.2, 0) is 9.59 Å². The van der Waals surface area contributed by atoms with E-state index < -0.39 is 0 Å². The third kappa shape index (κ3) is 2.67. The summed E-state index contributed by atoms with van der Waals surface area (Å²) in [6.07, 6.45) is 7.88. The number of rotatable bonds is 5. The maximum atomic E-state index is 11.8. The molecule has 1 heterocycles. The van der Waals surface area contributed by atoms with Gasteiger partial charge in [0, 0.05) is 12.2 Å². The smallest absolute Gasteiger partial charge is 0.258 e. The van der Waals surface area contributed by atoms with Gasteiger partial charge in [0.25, 0.3) is 11.8 Å². The molecule has 0 saturated heterocycles. The van der Waals surface area contributed by atoms with Gasteiger partial charge in [0.05, 0.1) is 5.70 Å². The summed E-state index contributed by atoms with van der Waals surface area (Å²) in [6.45, 7) is 9.84. The fraction of sp³-hybridized carbons (Fsp3) is 0.333. The monoisotopic (exact) mass is 245 g/mol. The van der Waals surface area contributed by atoms with Gasteiger partial charge in [0.1, 0.15) is 0 Å². The van der Waals surface area contributed by atoms with Crippen molar-refractivity contribution in [1.82, 2.24) is 4.90 Å². The number of carbonyl (C=O) groups is 2. The van der Waals surface area contributed by atoms with Gasteiger partial charge in [0.2, 0.25) is 0 Å². The molecule has 0 aromatic rings. The summed E-state index contributed by atoms with van der Waals surface area (Å²) in [5.74, 6) is -0.583. The lowest BCUT2D eigenvalue weighted by atomic mass is 10.0. The van der Waals surface area contributed by atoms with Crippen molar-refractivity contribution in [3.63, 3.8) is 0 Å². The first kappa shape index (κ1) is 14.2. The molecule has 1 aliphatic rings. The topological polar surface area (TPSA) is 37.4 Å². The Hall–Kier alpha value is -1.90. The van der Waals surface area contributed by atoms with Gasteiger partial charge in [-0.15, -0.1) is 0 Å². The third-order valence-corrected chi connectivity index (χ3v) is 2.85. The molecule has 1 aliphatic heterocycles. The number of allylic oxidation sites excluding steroid dienone is 4. The van der Waals surface area contributed by atoms with Crippen molar-refractivity contribution in [3.05, 3.63) is 47.7 Å². The first-order chi connectivity index (χ1) is 8.56. The van der Waals surface area contributed by atoms with Gasteiger partial charge in [0.15, 0.2) is 0 Å². The lowest BCUT2D eigenvalue weighted by molar-refractivity contribution is -0.134. The van der Waals surface area contributed by atoms with Gasteiger partial charge in [-0.1, -0.05) is 32.6 Å². The standard InChI is InChI=1S/C15H19NO2/c1-5-8-12(7-3)15(11(4)6-2)16-13(17)9-10-14(16)18/h5,8-10H,4,6-7H2,1-3H3/b8-5-,15-12+. The minimum atomic E-state index is -0.292. The van der Waals surface area contributed by atoms with Crippen LogP contribution in [0.5, 0.6) is 0 Å². The molecule has 18 heavy (non-hydrogen) atoms. The molecule has 0 aliphatic carbocycles. The zero-order valence-corrected chi connectivity index (χ0v) is 11.2. The highest BCUT2D eigenvalue weighted by Crippen LogP contribution is 2.26. The van der Waals surface area contributed by atoms with Gasteiger partial charge in [-0.2, -0.15) is 0 Å². The fourth-order valence-corrected chi connectivity index (χ4v) is 1.88. The molecule has 3 heteroatoms. The Labute approximate surface area is 108 Å². The second-order valence-electron chi connectivity index (χ2n) is 4.03. The normalized spacial score (nSPS) is 16.7. The number of nitrogens with zero attached hydrogens (tertiary/aromatic N) is 1. The first-order valence-electron chi connectivity index (χ1n) is 6.16. The molecular weight excluding hydrogens is 226 g/mol. The van der Waals surface area contributed by atoms with Crippen molar-refractivity contribution in [2.24, 2.45) is 0 Å². The van der Waals surface area contributed by atoms with Gasteiger partial charge in [-0.25, -0.2) is 4.90 Å². The number of carbonyl (C=O) groups excluding carboxylic acids is 2. The number of hydrogen-bond acceptors (Lipinski definition) is 2. The minimum absolute atomic E-state index is 0.292. The van der Waals surface area contributed by atoms with Crippen LogP contribution in [0.1, 0.15) is 33.6 Å². The average Bonchev–Trinajstić information content (AvgIpc) is 2.69. The van der Waals surface area contributed by atoms with E-state index >= 15 is 0 Å². The van der Waals surface area contributed by atoms with Crippen molar-refractivity contribution in [1.29, 1.82) is 0 Å². The Bertz CT molecular complexity index is 449. The van der Waals surface area contributed by atoms with Crippen LogP contribution in [0.25, 0.3) is 0 Å². The Balaban J connectivity index is 3.34. The summed E-state index contributed by atoms with van der Waals surface area (Å²) >= 11 is 0. The van der Waals surface area contributed by atoms with Crippen molar-refractivity contribution < 1.29 is 9.59 Å². The molecule has 0 aromatic heterocycles. The predicted octanol–water partition coefficient (Wildman–Crippen LogP) is 3.12. The van der Waals surface area contributed by atoms with E-state index in [1.165, 1.54) is 17.1 Å². The average molecular weight is 245 g/mol. The lowest BCUT2D eigenvalue weighted by Gasteiger charge is -2.22. The van der Waals surface area contributed by atoms with Crippen LogP contribution in [0.2, 0.25) is 0 Å². The second kappa shape index (κ2) is 6.15. The second-order valence-corrected chi connectivity index (χ2v) is 4.03. The van der Waals surface area contributed by atoms with Gasteiger partial charge < -0.3 is 0 Å². The highest BCUT2D eigenvalue weighted by Gasteiger charge is 2.29. The van der Waals surface area contributed by atoms with E-state index in [0.717, 1.165) is 17.6 Å². The van der Waals surface area contributed by atoms with Crippen molar-refractivity contribution in [3.8, 4) is 0 Å². The van der Waals surface area contributed by atoms with Gasteiger partial charge in [-0.05, 0) is 30.9 Å².